The van der Waals surface area contributed by atoms with Crippen LogP contribution in [0.25, 0.3) is 0 Å². The monoisotopic (exact) mass is 252 g/mol. The van der Waals surface area contributed by atoms with E-state index >= 15 is 0 Å². The highest BCUT2D eigenvalue weighted by Gasteiger charge is 2.28. The minimum atomic E-state index is -0.572. The summed E-state index contributed by atoms with van der Waals surface area (Å²) in [6.07, 6.45) is 2.91. The summed E-state index contributed by atoms with van der Waals surface area (Å²) in [5, 5.41) is 2.87. The van der Waals surface area contributed by atoms with Gasteiger partial charge in [0.25, 0.3) is 5.91 Å². The van der Waals surface area contributed by atoms with E-state index in [4.69, 9.17) is 10.5 Å². The van der Waals surface area contributed by atoms with Crippen LogP contribution >= 0.6 is 0 Å². The lowest BCUT2D eigenvalue weighted by Gasteiger charge is -2.19. The average molecular weight is 252 g/mol. The number of amides is 1. The zero-order chi connectivity index (χ0) is 13.1. The molecular weight excluding hydrogens is 235 g/mol. The van der Waals surface area contributed by atoms with Gasteiger partial charge in [-0.3, -0.25) is 4.79 Å². The topological polar surface area (TPSA) is 64.3 Å². The molecule has 1 fully saturated rings. The first-order valence-corrected chi connectivity index (χ1v) is 6.00. The van der Waals surface area contributed by atoms with Crippen molar-refractivity contribution in [3.05, 3.63) is 29.6 Å². The molecule has 2 atom stereocenters. The third-order valence-corrected chi connectivity index (χ3v) is 3.33. The maximum Gasteiger partial charge on any atom is 0.251 e. The fourth-order valence-electron chi connectivity index (χ4n) is 2.29. The van der Waals surface area contributed by atoms with E-state index < -0.39 is 5.82 Å². The molecule has 0 aliphatic heterocycles. The molecule has 0 saturated heterocycles. The van der Waals surface area contributed by atoms with Gasteiger partial charge in [-0.1, -0.05) is 0 Å². The van der Waals surface area contributed by atoms with Gasteiger partial charge in [0.1, 0.15) is 5.82 Å². The van der Waals surface area contributed by atoms with Crippen LogP contribution in [0.2, 0.25) is 0 Å². The van der Waals surface area contributed by atoms with Crippen molar-refractivity contribution in [3.63, 3.8) is 0 Å². The van der Waals surface area contributed by atoms with Crippen LogP contribution in [0.3, 0.4) is 0 Å². The predicted octanol–water partition coefficient (Wildman–Crippen LogP) is 1.71. The highest BCUT2D eigenvalue weighted by atomic mass is 19.1. The molecule has 98 valence electrons. The zero-order valence-electron chi connectivity index (χ0n) is 10.3. The van der Waals surface area contributed by atoms with Gasteiger partial charge in [-0.15, -0.1) is 0 Å². The Morgan fingerprint density at radius 2 is 2.28 bits per heavy atom. The molecule has 4 nitrogen and oxygen atoms in total. The number of nitrogen functional groups attached to an aromatic ring is 1. The van der Waals surface area contributed by atoms with Crippen LogP contribution in [0, 0.1) is 5.82 Å². The van der Waals surface area contributed by atoms with Gasteiger partial charge in [-0.05, 0) is 37.5 Å². The Balaban J connectivity index is 2.05. The van der Waals surface area contributed by atoms with Crippen molar-refractivity contribution in [3.8, 4) is 0 Å². The first-order chi connectivity index (χ1) is 8.61. The molecule has 18 heavy (non-hydrogen) atoms. The highest BCUT2D eigenvalue weighted by Crippen LogP contribution is 2.22. The summed E-state index contributed by atoms with van der Waals surface area (Å²) in [6, 6.07) is 4.07. The molecule has 5 heteroatoms. The summed E-state index contributed by atoms with van der Waals surface area (Å²) in [5.41, 5.74) is 5.69. The number of hydrogen-bond donors (Lipinski definition) is 2. The Morgan fingerprint density at radius 1 is 1.50 bits per heavy atom. The summed E-state index contributed by atoms with van der Waals surface area (Å²) < 4.78 is 18.6. The molecule has 1 saturated carbocycles. The van der Waals surface area contributed by atoms with Crippen molar-refractivity contribution in [2.45, 2.75) is 31.4 Å². The lowest BCUT2D eigenvalue weighted by Crippen LogP contribution is -2.40. The number of rotatable bonds is 3. The molecular formula is C13H17FN2O2. The normalized spacial score (nSPS) is 23.0. The standard InChI is InChI=1S/C13H17FN2O2/c1-18-12-4-2-3-11(12)16-13(17)8-5-6-10(15)9(14)7-8/h5-7,11-12H,2-4,15H2,1H3,(H,16,17). The summed E-state index contributed by atoms with van der Waals surface area (Å²) in [6.45, 7) is 0. The van der Waals surface area contributed by atoms with Gasteiger partial charge >= 0.3 is 0 Å². The summed E-state index contributed by atoms with van der Waals surface area (Å²) in [4.78, 5) is 12.0. The SMILES string of the molecule is COC1CCCC1NC(=O)c1ccc(N)c(F)c1. The lowest BCUT2D eigenvalue weighted by molar-refractivity contribution is 0.0722. The smallest absolute Gasteiger partial charge is 0.251 e. The van der Waals surface area contributed by atoms with Crippen LogP contribution in [0.5, 0.6) is 0 Å². The number of anilines is 1. The number of carbonyl (C=O) groups is 1. The number of carbonyl (C=O) groups excluding carboxylic acids is 1. The number of halogens is 1. The molecule has 0 aromatic heterocycles. The van der Waals surface area contributed by atoms with Gasteiger partial charge in [-0.25, -0.2) is 4.39 Å². The molecule has 1 aromatic rings. The molecule has 0 bridgehead atoms. The molecule has 1 aliphatic carbocycles. The Morgan fingerprint density at radius 3 is 2.94 bits per heavy atom. The first kappa shape index (κ1) is 12.8. The number of methoxy groups -OCH3 is 1. The quantitative estimate of drug-likeness (QED) is 0.805. The van der Waals surface area contributed by atoms with E-state index in [-0.39, 0.29) is 29.3 Å². The molecule has 1 aromatic carbocycles. The third-order valence-electron chi connectivity index (χ3n) is 3.33. The molecule has 1 amide bonds. The molecule has 3 N–H and O–H groups in total. The molecule has 0 radical (unpaired) electrons. The minimum absolute atomic E-state index is 0.00288. The molecule has 2 rings (SSSR count). The van der Waals surface area contributed by atoms with Crippen LogP contribution in [0.1, 0.15) is 29.6 Å². The molecule has 0 heterocycles. The maximum atomic E-state index is 13.3. The Kier molecular flexibility index (Phi) is 3.81. The summed E-state index contributed by atoms with van der Waals surface area (Å²) in [7, 11) is 1.64. The van der Waals surface area contributed by atoms with E-state index in [0.717, 1.165) is 25.3 Å². The molecule has 2 unspecified atom stereocenters. The second-order valence-corrected chi connectivity index (χ2v) is 4.52. The predicted molar refractivity (Wildman–Crippen MR) is 66.7 cm³/mol. The Labute approximate surface area is 105 Å². The zero-order valence-corrected chi connectivity index (χ0v) is 10.3. The summed E-state index contributed by atoms with van der Waals surface area (Å²) >= 11 is 0. The summed E-state index contributed by atoms with van der Waals surface area (Å²) in [5.74, 6) is -0.861. The molecule has 0 spiro atoms. The second-order valence-electron chi connectivity index (χ2n) is 4.52. The van der Waals surface area contributed by atoms with E-state index in [1.54, 1.807) is 7.11 Å². The van der Waals surface area contributed by atoms with Crippen molar-refractivity contribution in [2.24, 2.45) is 0 Å². The Hall–Kier alpha value is -1.62. The van der Waals surface area contributed by atoms with Crippen LogP contribution in [-0.2, 0) is 4.74 Å². The number of ether oxygens (including phenoxy) is 1. The van der Waals surface area contributed by atoms with Crippen LogP contribution in [0.15, 0.2) is 18.2 Å². The van der Waals surface area contributed by atoms with Gasteiger partial charge in [-0.2, -0.15) is 0 Å². The minimum Gasteiger partial charge on any atom is -0.396 e. The average Bonchev–Trinajstić information content (AvgIpc) is 2.79. The largest absolute Gasteiger partial charge is 0.396 e. The molecule has 1 aliphatic rings. The van der Waals surface area contributed by atoms with Crippen LogP contribution in [0.4, 0.5) is 10.1 Å². The van der Waals surface area contributed by atoms with Crippen LogP contribution in [-0.4, -0.2) is 25.2 Å². The van der Waals surface area contributed by atoms with Gasteiger partial charge < -0.3 is 15.8 Å². The van der Waals surface area contributed by atoms with Crippen molar-refractivity contribution in [2.75, 3.05) is 12.8 Å². The van der Waals surface area contributed by atoms with Gasteiger partial charge in [0.15, 0.2) is 0 Å². The van der Waals surface area contributed by atoms with Crippen LogP contribution < -0.4 is 11.1 Å². The highest BCUT2D eigenvalue weighted by molar-refractivity contribution is 5.94. The van der Waals surface area contributed by atoms with E-state index in [0.29, 0.717) is 0 Å². The number of nitrogens with two attached hydrogens (primary N) is 1. The van der Waals surface area contributed by atoms with E-state index in [9.17, 15) is 9.18 Å². The second kappa shape index (κ2) is 5.35. The van der Waals surface area contributed by atoms with Crippen molar-refractivity contribution >= 4 is 11.6 Å². The number of hydrogen-bond acceptors (Lipinski definition) is 3. The fourth-order valence-corrected chi connectivity index (χ4v) is 2.29. The first-order valence-electron chi connectivity index (χ1n) is 6.00. The fraction of sp³-hybridized carbons (Fsp3) is 0.462. The Bertz CT molecular complexity index is 451. The van der Waals surface area contributed by atoms with Gasteiger partial charge in [0.05, 0.1) is 17.8 Å². The van der Waals surface area contributed by atoms with Crippen molar-refractivity contribution < 1.29 is 13.9 Å². The maximum absolute atomic E-state index is 13.3. The van der Waals surface area contributed by atoms with E-state index in [1.807, 2.05) is 0 Å². The number of benzene rings is 1. The third kappa shape index (κ3) is 2.61. The van der Waals surface area contributed by atoms with Gasteiger partial charge in [0, 0.05) is 12.7 Å². The van der Waals surface area contributed by atoms with Crippen molar-refractivity contribution in [1.82, 2.24) is 5.32 Å². The number of nitrogens with one attached hydrogen (secondary N) is 1. The van der Waals surface area contributed by atoms with Gasteiger partial charge in [0.2, 0.25) is 0 Å². The van der Waals surface area contributed by atoms with E-state index in [1.165, 1.54) is 12.1 Å². The van der Waals surface area contributed by atoms with Crippen molar-refractivity contribution in [1.29, 1.82) is 0 Å². The lowest BCUT2D eigenvalue weighted by atomic mass is 10.1. The van der Waals surface area contributed by atoms with E-state index in [2.05, 4.69) is 5.32 Å².